The molecule has 7 nitrogen and oxygen atoms in total. The number of benzene rings is 3. The van der Waals surface area contributed by atoms with Crippen LogP contribution in [0.3, 0.4) is 0 Å². The van der Waals surface area contributed by atoms with Gasteiger partial charge in [0.25, 0.3) is 10.0 Å². The third-order valence-corrected chi connectivity index (χ3v) is 7.06. The van der Waals surface area contributed by atoms with Crippen LogP contribution in [0.1, 0.15) is 22.8 Å². The number of aryl methyl sites for hydroxylation is 2. The van der Waals surface area contributed by atoms with Gasteiger partial charge in [-0.15, -0.1) is 0 Å². The molecule has 1 atom stereocenters. The predicted octanol–water partition coefficient (Wildman–Crippen LogP) is 5.11. The van der Waals surface area contributed by atoms with Crippen molar-refractivity contribution in [3.8, 4) is 17.1 Å². The molecule has 2 N–H and O–H groups in total. The first kappa shape index (κ1) is 21.9. The first-order valence-electron chi connectivity index (χ1n) is 10.9. The average Bonchev–Trinajstić information content (AvgIpc) is 2.81. The molecule has 1 aliphatic rings. The van der Waals surface area contributed by atoms with Crippen LogP contribution in [-0.4, -0.2) is 24.9 Å². The van der Waals surface area contributed by atoms with Crippen LogP contribution in [0.2, 0.25) is 0 Å². The van der Waals surface area contributed by atoms with Gasteiger partial charge in [0.15, 0.2) is 0 Å². The molecule has 1 aliphatic heterocycles. The number of hydrogen-bond donors (Lipinski definition) is 2. The van der Waals surface area contributed by atoms with E-state index in [1.165, 1.54) is 0 Å². The third kappa shape index (κ3) is 4.45. The van der Waals surface area contributed by atoms with E-state index in [2.05, 4.69) is 20.0 Å². The monoisotopic (exact) mass is 472 g/mol. The molecule has 0 amide bonds. The lowest BCUT2D eigenvalue weighted by molar-refractivity contribution is 0.210. The fourth-order valence-corrected chi connectivity index (χ4v) is 5.07. The molecule has 0 saturated carbocycles. The predicted molar refractivity (Wildman–Crippen MR) is 132 cm³/mol. The van der Waals surface area contributed by atoms with E-state index in [-0.39, 0.29) is 22.8 Å². The van der Waals surface area contributed by atoms with Crippen molar-refractivity contribution in [1.82, 2.24) is 9.97 Å². The van der Waals surface area contributed by atoms with E-state index in [0.29, 0.717) is 17.9 Å². The number of rotatable bonds is 2. The van der Waals surface area contributed by atoms with E-state index >= 15 is 0 Å². The summed E-state index contributed by atoms with van der Waals surface area (Å²) in [5.74, 6) is 0.242. The number of anilines is 2. The molecule has 0 saturated heterocycles. The van der Waals surface area contributed by atoms with E-state index in [0.717, 1.165) is 22.3 Å². The number of nitrogens with zero attached hydrogens (tertiary/aromatic N) is 2. The minimum atomic E-state index is -3.90. The molecule has 1 aromatic heterocycles. The highest BCUT2D eigenvalue weighted by Gasteiger charge is 2.22. The van der Waals surface area contributed by atoms with Crippen molar-refractivity contribution in [2.45, 2.75) is 24.8 Å². The Balaban J connectivity index is 1.68. The van der Waals surface area contributed by atoms with Crippen LogP contribution in [-0.2, 0) is 10.0 Å². The van der Waals surface area contributed by atoms with E-state index in [1.54, 1.807) is 24.3 Å². The highest BCUT2D eigenvalue weighted by atomic mass is 32.2. The Morgan fingerprint density at radius 1 is 0.882 bits per heavy atom. The van der Waals surface area contributed by atoms with Crippen molar-refractivity contribution in [2.24, 2.45) is 0 Å². The van der Waals surface area contributed by atoms with E-state index in [9.17, 15) is 8.42 Å². The molecule has 0 aliphatic carbocycles. The highest BCUT2D eigenvalue weighted by Crippen LogP contribution is 2.31. The summed E-state index contributed by atoms with van der Waals surface area (Å²) in [4.78, 5) is 9.09. The van der Waals surface area contributed by atoms with Crippen molar-refractivity contribution in [3.63, 3.8) is 0 Å². The van der Waals surface area contributed by atoms with Gasteiger partial charge in [-0.2, -0.15) is 4.98 Å². The first-order valence-corrected chi connectivity index (χ1v) is 12.4. The summed E-state index contributed by atoms with van der Waals surface area (Å²) >= 11 is 0. The van der Waals surface area contributed by atoms with Gasteiger partial charge in [0.05, 0.1) is 17.1 Å². The van der Waals surface area contributed by atoms with E-state index < -0.39 is 10.0 Å². The fourth-order valence-electron chi connectivity index (χ4n) is 4.08. The van der Waals surface area contributed by atoms with Crippen molar-refractivity contribution in [1.29, 1.82) is 0 Å². The van der Waals surface area contributed by atoms with Gasteiger partial charge in [0.2, 0.25) is 11.8 Å². The van der Waals surface area contributed by atoms with Gasteiger partial charge in [-0.3, -0.25) is 0 Å². The lowest BCUT2D eigenvalue weighted by Gasteiger charge is -2.22. The highest BCUT2D eigenvalue weighted by molar-refractivity contribution is 7.92. The molecule has 0 fully saturated rings. The SMILES string of the molecule is Cc1cccc(C)c1-c1cc2nc(n1)NS(=O)(=O)c1cccc(c1)NCC(c1ccccc1)O2. The molecule has 34 heavy (non-hydrogen) atoms. The molecule has 5 rings (SSSR count). The third-order valence-electron chi connectivity index (χ3n) is 5.74. The Labute approximate surface area is 198 Å². The minimum Gasteiger partial charge on any atom is -0.467 e. The van der Waals surface area contributed by atoms with E-state index in [4.69, 9.17) is 4.74 Å². The number of ether oxygens (including phenoxy) is 1. The van der Waals surface area contributed by atoms with Crippen molar-refractivity contribution in [2.75, 3.05) is 16.6 Å². The van der Waals surface area contributed by atoms with Crippen LogP contribution >= 0.6 is 0 Å². The standard InChI is InChI=1S/C26H24N4O3S/c1-17-8-6-9-18(2)25(17)22-15-24-29-26(28-22)30-34(31,32)21-13-7-12-20(14-21)27-16-23(33-24)19-10-4-3-5-11-19/h3-15,23,27H,16H2,1-2H3,(H,28,29,30). The fraction of sp³-hybridized carbons (Fsp3) is 0.154. The van der Waals surface area contributed by atoms with Crippen molar-refractivity contribution < 1.29 is 13.2 Å². The quantitative estimate of drug-likeness (QED) is 0.421. The summed E-state index contributed by atoms with van der Waals surface area (Å²) in [5, 5.41) is 3.30. The van der Waals surface area contributed by atoms with Crippen LogP contribution in [0.4, 0.5) is 11.6 Å². The molecular weight excluding hydrogens is 448 g/mol. The summed E-state index contributed by atoms with van der Waals surface area (Å²) in [6.45, 7) is 4.41. The van der Waals surface area contributed by atoms with Gasteiger partial charge in [-0.05, 0) is 48.7 Å². The molecule has 1 unspecified atom stereocenters. The largest absolute Gasteiger partial charge is 0.467 e. The average molecular weight is 473 g/mol. The second kappa shape index (κ2) is 8.79. The lowest BCUT2D eigenvalue weighted by Crippen LogP contribution is -2.21. The molecule has 4 aromatic rings. The van der Waals surface area contributed by atoms with Gasteiger partial charge in [-0.1, -0.05) is 54.6 Å². The Kier molecular flexibility index (Phi) is 5.67. The number of nitrogens with one attached hydrogen (secondary N) is 2. The maximum Gasteiger partial charge on any atom is 0.264 e. The molecular formula is C26H24N4O3S. The summed E-state index contributed by atoms with van der Waals surface area (Å²) in [5.41, 5.74) is 5.19. The van der Waals surface area contributed by atoms with Crippen LogP contribution in [0.15, 0.2) is 83.8 Å². The van der Waals surface area contributed by atoms with Crippen LogP contribution < -0.4 is 14.8 Å². The Hall–Kier alpha value is -3.91. The lowest BCUT2D eigenvalue weighted by atomic mass is 10.00. The molecule has 3 aromatic carbocycles. The summed E-state index contributed by atoms with van der Waals surface area (Å²) in [7, 11) is -3.90. The topological polar surface area (TPSA) is 93.2 Å². The summed E-state index contributed by atoms with van der Waals surface area (Å²) in [6, 6.07) is 24.2. The maximum atomic E-state index is 13.1. The van der Waals surface area contributed by atoms with Crippen molar-refractivity contribution in [3.05, 3.63) is 95.6 Å². The van der Waals surface area contributed by atoms with Gasteiger partial charge in [-0.25, -0.2) is 18.1 Å². The van der Waals surface area contributed by atoms with Gasteiger partial charge in [0.1, 0.15) is 6.10 Å². The number of sulfonamides is 1. The molecule has 2 heterocycles. The molecule has 0 radical (unpaired) electrons. The zero-order valence-corrected chi connectivity index (χ0v) is 19.6. The Bertz CT molecular complexity index is 1440. The molecule has 8 heteroatoms. The maximum absolute atomic E-state index is 13.1. The van der Waals surface area contributed by atoms with Gasteiger partial charge < -0.3 is 10.1 Å². The molecule has 172 valence electrons. The van der Waals surface area contributed by atoms with Gasteiger partial charge in [0, 0.05) is 17.3 Å². The first-order chi connectivity index (χ1) is 16.4. The summed E-state index contributed by atoms with van der Waals surface area (Å²) in [6.07, 6.45) is -0.366. The van der Waals surface area contributed by atoms with Crippen molar-refractivity contribution >= 4 is 21.7 Å². The van der Waals surface area contributed by atoms with Crippen LogP contribution in [0.25, 0.3) is 11.3 Å². The zero-order valence-electron chi connectivity index (χ0n) is 18.8. The van der Waals surface area contributed by atoms with Crippen LogP contribution in [0.5, 0.6) is 5.88 Å². The number of hydrogen-bond acceptors (Lipinski definition) is 6. The summed E-state index contributed by atoms with van der Waals surface area (Å²) < 4.78 is 35.1. The Morgan fingerprint density at radius 2 is 1.62 bits per heavy atom. The smallest absolute Gasteiger partial charge is 0.264 e. The molecule has 0 spiro atoms. The second-order valence-electron chi connectivity index (χ2n) is 8.21. The second-order valence-corrected chi connectivity index (χ2v) is 9.90. The minimum absolute atomic E-state index is 0.0408. The normalized spacial score (nSPS) is 16.7. The van der Waals surface area contributed by atoms with E-state index in [1.807, 2.05) is 68.4 Å². The molecule has 4 bridgehead atoms. The number of aromatic nitrogens is 2. The number of fused-ring (bicyclic) bond motifs is 4. The van der Waals surface area contributed by atoms with Crippen LogP contribution in [0, 0.1) is 13.8 Å². The Morgan fingerprint density at radius 3 is 2.38 bits per heavy atom. The zero-order chi connectivity index (χ0) is 23.7. The van der Waals surface area contributed by atoms with Gasteiger partial charge >= 0.3 is 0 Å².